The number of carbonyl (C=O) groups excluding carboxylic acids is 1. The second kappa shape index (κ2) is 6.58. The Morgan fingerprint density at radius 2 is 2.05 bits per heavy atom. The number of amides is 1. The van der Waals surface area contributed by atoms with Crippen LogP contribution in [0.3, 0.4) is 0 Å². The highest BCUT2D eigenvalue weighted by Crippen LogP contribution is 2.29. The van der Waals surface area contributed by atoms with Crippen LogP contribution in [0.4, 0.5) is 15.8 Å². The lowest BCUT2D eigenvalue weighted by molar-refractivity contribution is 0.102. The van der Waals surface area contributed by atoms with Crippen molar-refractivity contribution in [3.8, 4) is 5.75 Å². The van der Waals surface area contributed by atoms with E-state index in [1.165, 1.54) is 19.2 Å². The van der Waals surface area contributed by atoms with Gasteiger partial charge in [0.05, 0.1) is 24.0 Å². The SMILES string of the molecule is CNc1c(F)cccc1C(=O)Nc1cc(Br)ccc1OC. The number of methoxy groups -OCH3 is 1. The zero-order valence-electron chi connectivity index (χ0n) is 11.5. The number of rotatable bonds is 4. The lowest BCUT2D eigenvalue weighted by Gasteiger charge is -2.13. The van der Waals surface area contributed by atoms with E-state index in [4.69, 9.17) is 4.74 Å². The summed E-state index contributed by atoms with van der Waals surface area (Å²) in [6.07, 6.45) is 0. The maximum atomic E-state index is 13.7. The summed E-state index contributed by atoms with van der Waals surface area (Å²) in [6, 6.07) is 9.58. The topological polar surface area (TPSA) is 50.4 Å². The Balaban J connectivity index is 2.35. The molecule has 2 aromatic rings. The minimum Gasteiger partial charge on any atom is -0.495 e. The third-order valence-corrected chi connectivity index (χ3v) is 3.41. The Morgan fingerprint density at radius 3 is 2.71 bits per heavy atom. The molecule has 0 unspecified atom stereocenters. The van der Waals surface area contributed by atoms with E-state index in [0.29, 0.717) is 11.4 Å². The van der Waals surface area contributed by atoms with E-state index >= 15 is 0 Å². The standard InChI is InChI=1S/C15H14BrFN2O2/c1-18-14-10(4-3-5-11(14)17)15(20)19-12-8-9(16)6-7-13(12)21-2/h3-8,18H,1-2H3,(H,19,20). The van der Waals surface area contributed by atoms with Gasteiger partial charge in [-0.1, -0.05) is 22.0 Å². The maximum absolute atomic E-state index is 13.7. The Kier molecular flexibility index (Phi) is 4.80. The van der Waals surface area contributed by atoms with Gasteiger partial charge in [0.1, 0.15) is 11.6 Å². The molecule has 2 rings (SSSR count). The quantitative estimate of drug-likeness (QED) is 0.877. The van der Waals surface area contributed by atoms with Crippen molar-refractivity contribution in [3.63, 3.8) is 0 Å². The Bertz CT molecular complexity index is 677. The molecule has 110 valence electrons. The van der Waals surface area contributed by atoms with E-state index in [1.54, 1.807) is 31.3 Å². The number of hydrogen-bond donors (Lipinski definition) is 2. The average molecular weight is 353 g/mol. The molecule has 0 atom stereocenters. The number of benzene rings is 2. The van der Waals surface area contributed by atoms with Crippen molar-refractivity contribution < 1.29 is 13.9 Å². The van der Waals surface area contributed by atoms with Gasteiger partial charge in [0, 0.05) is 11.5 Å². The summed E-state index contributed by atoms with van der Waals surface area (Å²) >= 11 is 3.33. The molecule has 0 spiro atoms. The molecule has 0 radical (unpaired) electrons. The van der Waals surface area contributed by atoms with Gasteiger partial charge >= 0.3 is 0 Å². The van der Waals surface area contributed by atoms with E-state index in [-0.39, 0.29) is 11.3 Å². The molecule has 1 amide bonds. The van der Waals surface area contributed by atoms with Crippen LogP contribution in [0.15, 0.2) is 40.9 Å². The fourth-order valence-electron chi connectivity index (χ4n) is 1.93. The molecule has 6 heteroatoms. The fourth-order valence-corrected chi connectivity index (χ4v) is 2.30. The van der Waals surface area contributed by atoms with Crippen LogP contribution in [0.25, 0.3) is 0 Å². The first kappa shape index (κ1) is 15.3. The Hall–Kier alpha value is -2.08. The number of para-hydroxylation sites is 1. The van der Waals surface area contributed by atoms with Crippen molar-refractivity contribution >= 4 is 33.2 Å². The molecule has 0 bridgehead atoms. The molecule has 4 nitrogen and oxygen atoms in total. The van der Waals surface area contributed by atoms with Crippen LogP contribution in [0, 0.1) is 5.82 Å². The maximum Gasteiger partial charge on any atom is 0.257 e. The smallest absolute Gasteiger partial charge is 0.257 e. The minimum absolute atomic E-state index is 0.156. The number of ether oxygens (including phenoxy) is 1. The van der Waals surface area contributed by atoms with E-state index < -0.39 is 11.7 Å². The zero-order valence-corrected chi connectivity index (χ0v) is 13.1. The zero-order chi connectivity index (χ0) is 15.4. The monoisotopic (exact) mass is 352 g/mol. The Labute approximate surface area is 130 Å². The van der Waals surface area contributed by atoms with Gasteiger partial charge in [-0.05, 0) is 30.3 Å². The second-order valence-corrected chi connectivity index (χ2v) is 5.13. The normalized spacial score (nSPS) is 10.1. The van der Waals surface area contributed by atoms with Crippen LogP contribution in [-0.4, -0.2) is 20.1 Å². The van der Waals surface area contributed by atoms with Gasteiger partial charge in [0.25, 0.3) is 5.91 Å². The molecule has 2 N–H and O–H groups in total. The molecule has 0 heterocycles. The summed E-state index contributed by atoms with van der Waals surface area (Å²) in [5.74, 6) is -0.379. The molecule has 0 aliphatic heterocycles. The van der Waals surface area contributed by atoms with Crippen LogP contribution in [0.2, 0.25) is 0 Å². The van der Waals surface area contributed by atoms with Gasteiger partial charge in [-0.3, -0.25) is 4.79 Å². The van der Waals surface area contributed by atoms with Gasteiger partial charge in [-0.25, -0.2) is 4.39 Å². The molecular formula is C15H14BrFN2O2. The lowest BCUT2D eigenvalue weighted by atomic mass is 10.1. The Morgan fingerprint density at radius 1 is 1.29 bits per heavy atom. The summed E-state index contributed by atoms with van der Waals surface area (Å²) in [7, 11) is 3.08. The van der Waals surface area contributed by atoms with Gasteiger partial charge < -0.3 is 15.4 Å². The molecule has 0 aliphatic carbocycles. The van der Waals surface area contributed by atoms with Crippen molar-refractivity contribution in [1.82, 2.24) is 0 Å². The highest BCUT2D eigenvalue weighted by molar-refractivity contribution is 9.10. The van der Waals surface area contributed by atoms with Gasteiger partial charge in [0.2, 0.25) is 0 Å². The van der Waals surface area contributed by atoms with Crippen LogP contribution in [0.1, 0.15) is 10.4 Å². The van der Waals surface area contributed by atoms with Crippen molar-refractivity contribution in [3.05, 3.63) is 52.3 Å². The highest BCUT2D eigenvalue weighted by Gasteiger charge is 2.16. The molecule has 21 heavy (non-hydrogen) atoms. The molecule has 2 aromatic carbocycles. The van der Waals surface area contributed by atoms with Crippen LogP contribution in [-0.2, 0) is 0 Å². The van der Waals surface area contributed by atoms with Gasteiger partial charge in [-0.15, -0.1) is 0 Å². The third kappa shape index (κ3) is 3.33. The predicted molar refractivity (Wildman–Crippen MR) is 84.6 cm³/mol. The summed E-state index contributed by atoms with van der Waals surface area (Å²) in [5, 5.41) is 5.41. The van der Waals surface area contributed by atoms with Crippen LogP contribution < -0.4 is 15.4 Å². The summed E-state index contributed by atoms with van der Waals surface area (Å²) in [5.41, 5.74) is 0.881. The molecule has 0 saturated carbocycles. The van der Waals surface area contributed by atoms with Crippen molar-refractivity contribution in [2.24, 2.45) is 0 Å². The third-order valence-electron chi connectivity index (χ3n) is 2.92. The average Bonchev–Trinajstić information content (AvgIpc) is 2.47. The van der Waals surface area contributed by atoms with E-state index in [9.17, 15) is 9.18 Å². The van der Waals surface area contributed by atoms with Crippen molar-refractivity contribution in [1.29, 1.82) is 0 Å². The number of carbonyl (C=O) groups is 1. The summed E-state index contributed by atoms with van der Waals surface area (Å²) in [4.78, 5) is 12.3. The molecule has 0 aliphatic rings. The van der Waals surface area contributed by atoms with E-state index in [1.807, 2.05) is 0 Å². The first-order valence-corrected chi connectivity index (χ1v) is 6.97. The number of halogens is 2. The predicted octanol–water partition coefficient (Wildman–Crippen LogP) is 3.89. The first-order chi connectivity index (χ1) is 10.1. The van der Waals surface area contributed by atoms with Crippen LogP contribution >= 0.6 is 15.9 Å². The molecular weight excluding hydrogens is 339 g/mol. The van der Waals surface area contributed by atoms with E-state index in [0.717, 1.165) is 4.47 Å². The number of anilines is 2. The molecule has 0 saturated heterocycles. The molecule has 0 fully saturated rings. The lowest BCUT2D eigenvalue weighted by Crippen LogP contribution is -2.15. The molecule has 0 aromatic heterocycles. The largest absolute Gasteiger partial charge is 0.495 e. The second-order valence-electron chi connectivity index (χ2n) is 4.21. The fraction of sp³-hybridized carbons (Fsp3) is 0.133. The van der Waals surface area contributed by atoms with E-state index in [2.05, 4.69) is 26.6 Å². The van der Waals surface area contributed by atoms with Crippen LogP contribution in [0.5, 0.6) is 5.75 Å². The number of hydrogen-bond acceptors (Lipinski definition) is 3. The van der Waals surface area contributed by atoms with Gasteiger partial charge in [0.15, 0.2) is 0 Å². The number of nitrogens with one attached hydrogen (secondary N) is 2. The summed E-state index contributed by atoms with van der Waals surface area (Å²) < 4.78 is 19.7. The summed E-state index contributed by atoms with van der Waals surface area (Å²) in [6.45, 7) is 0. The van der Waals surface area contributed by atoms with Crippen molar-refractivity contribution in [2.45, 2.75) is 0 Å². The first-order valence-electron chi connectivity index (χ1n) is 6.18. The minimum atomic E-state index is -0.480. The highest BCUT2D eigenvalue weighted by atomic mass is 79.9. The van der Waals surface area contributed by atoms with Gasteiger partial charge in [-0.2, -0.15) is 0 Å². The van der Waals surface area contributed by atoms with Crippen molar-refractivity contribution in [2.75, 3.05) is 24.8 Å².